The SMILES string of the molecule is COc1ccc(Cl)c(C(=O)NCCc2ccc(S(=O)(=O)NC(=O)c3ccc(C(=O)O)nc3)cc2)c1. The van der Waals surface area contributed by atoms with Gasteiger partial charge < -0.3 is 15.2 Å². The lowest BCUT2D eigenvalue weighted by molar-refractivity contribution is 0.0689. The molecule has 1 heterocycles. The van der Waals surface area contributed by atoms with E-state index in [2.05, 4.69) is 10.3 Å². The molecule has 0 fully saturated rings. The van der Waals surface area contributed by atoms with E-state index in [1.165, 1.54) is 25.3 Å². The van der Waals surface area contributed by atoms with Crippen LogP contribution >= 0.6 is 11.6 Å². The average Bonchev–Trinajstić information content (AvgIpc) is 2.84. The number of carboxylic acids is 1. The molecule has 0 aliphatic rings. The lowest BCUT2D eigenvalue weighted by Crippen LogP contribution is -2.30. The number of nitrogens with zero attached hydrogens (tertiary/aromatic N) is 1. The van der Waals surface area contributed by atoms with E-state index in [1.54, 1.807) is 24.3 Å². The van der Waals surface area contributed by atoms with Crippen LogP contribution in [0.3, 0.4) is 0 Å². The van der Waals surface area contributed by atoms with E-state index in [0.29, 0.717) is 12.2 Å². The molecule has 3 N–H and O–H groups in total. The van der Waals surface area contributed by atoms with Crippen LogP contribution in [0.15, 0.2) is 65.7 Å². The second-order valence-electron chi connectivity index (χ2n) is 7.17. The lowest BCUT2D eigenvalue weighted by atomic mass is 10.1. The Labute approximate surface area is 206 Å². The van der Waals surface area contributed by atoms with E-state index in [0.717, 1.165) is 23.9 Å². The summed E-state index contributed by atoms with van der Waals surface area (Å²) >= 11 is 6.07. The van der Waals surface area contributed by atoms with Crippen LogP contribution in [-0.4, -0.2) is 49.9 Å². The molecular weight excluding hydrogens is 498 g/mol. The van der Waals surface area contributed by atoms with Gasteiger partial charge in [-0.1, -0.05) is 23.7 Å². The molecule has 0 saturated heterocycles. The van der Waals surface area contributed by atoms with Crippen molar-refractivity contribution in [3.05, 3.63) is 88.2 Å². The Bertz CT molecular complexity index is 1360. The van der Waals surface area contributed by atoms with Crippen molar-refractivity contribution in [2.75, 3.05) is 13.7 Å². The number of sulfonamides is 1. The molecule has 0 bridgehead atoms. The maximum atomic E-state index is 12.5. The van der Waals surface area contributed by atoms with Gasteiger partial charge in [0.1, 0.15) is 11.4 Å². The summed E-state index contributed by atoms with van der Waals surface area (Å²) in [6.07, 6.45) is 1.39. The molecule has 0 saturated carbocycles. The van der Waals surface area contributed by atoms with Crippen LogP contribution in [0.1, 0.15) is 36.8 Å². The fraction of sp³-hybridized carbons (Fsp3) is 0.130. The lowest BCUT2D eigenvalue weighted by Gasteiger charge is -2.10. The molecule has 2 amide bonds. The van der Waals surface area contributed by atoms with Crippen molar-refractivity contribution in [1.82, 2.24) is 15.0 Å². The number of ether oxygens (including phenoxy) is 1. The number of benzene rings is 2. The van der Waals surface area contributed by atoms with Gasteiger partial charge >= 0.3 is 5.97 Å². The smallest absolute Gasteiger partial charge is 0.354 e. The Hall–Kier alpha value is -3.96. The molecule has 12 heteroatoms. The van der Waals surface area contributed by atoms with Gasteiger partial charge in [0.05, 0.1) is 28.2 Å². The summed E-state index contributed by atoms with van der Waals surface area (Å²) in [6.45, 7) is 0.272. The number of amides is 2. The van der Waals surface area contributed by atoms with E-state index >= 15 is 0 Å². The number of carbonyl (C=O) groups is 3. The molecular formula is C23H20ClN3O7S. The Kier molecular flexibility index (Phi) is 8.05. The highest BCUT2D eigenvalue weighted by atomic mass is 35.5. The van der Waals surface area contributed by atoms with Crippen LogP contribution in [0.25, 0.3) is 0 Å². The Balaban J connectivity index is 1.58. The molecule has 2 aromatic carbocycles. The molecule has 0 spiro atoms. The minimum absolute atomic E-state index is 0.109. The number of rotatable bonds is 9. The minimum Gasteiger partial charge on any atom is -0.497 e. The van der Waals surface area contributed by atoms with E-state index in [-0.39, 0.29) is 39.2 Å². The zero-order valence-corrected chi connectivity index (χ0v) is 19.9. The van der Waals surface area contributed by atoms with Gasteiger partial charge in [-0.3, -0.25) is 9.59 Å². The number of carboxylic acid groups (broad SMARTS) is 1. The molecule has 0 atom stereocenters. The van der Waals surface area contributed by atoms with E-state index < -0.39 is 21.9 Å². The van der Waals surface area contributed by atoms with Crippen molar-refractivity contribution in [2.24, 2.45) is 0 Å². The number of halogens is 1. The first-order chi connectivity index (χ1) is 16.6. The topological polar surface area (TPSA) is 152 Å². The zero-order chi connectivity index (χ0) is 25.6. The van der Waals surface area contributed by atoms with Crippen molar-refractivity contribution in [3.63, 3.8) is 0 Å². The first kappa shape index (κ1) is 25.7. The summed E-state index contributed by atoms with van der Waals surface area (Å²) in [5.41, 5.74) is 0.640. The minimum atomic E-state index is -4.17. The fourth-order valence-corrected chi connectivity index (χ4v) is 4.13. The predicted molar refractivity (Wildman–Crippen MR) is 126 cm³/mol. The molecule has 1 aromatic heterocycles. The Morgan fingerprint density at radius 3 is 2.34 bits per heavy atom. The third-order valence-corrected chi connectivity index (χ3v) is 6.50. The van der Waals surface area contributed by atoms with Gasteiger partial charge in [-0.05, 0) is 54.4 Å². The highest BCUT2D eigenvalue weighted by molar-refractivity contribution is 7.90. The second-order valence-corrected chi connectivity index (χ2v) is 9.26. The number of methoxy groups -OCH3 is 1. The maximum Gasteiger partial charge on any atom is 0.354 e. The summed E-state index contributed by atoms with van der Waals surface area (Å²) in [4.78, 5) is 38.9. The summed E-state index contributed by atoms with van der Waals surface area (Å²) in [5.74, 6) is -2.09. The van der Waals surface area contributed by atoms with Gasteiger partial charge in [0.15, 0.2) is 0 Å². The van der Waals surface area contributed by atoms with Gasteiger partial charge in [0.25, 0.3) is 21.8 Å². The maximum absolute atomic E-state index is 12.5. The predicted octanol–water partition coefficient (Wildman–Crippen LogP) is 2.53. The van der Waals surface area contributed by atoms with Gasteiger partial charge in [0, 0.05) is 12.7 Å². The molecule has 0 aliphatic heterocycles. The Morgan fingerprint density at radius 2 is 1.74 bits per heavy atom. The number of hydrogen-bond donors (Lipinski definition) is 3. The van der Waals surface area contributed by atoms with Crippen LogP contribution in [0, 0.1) is 0 Å². The quantitative estimate of drug-likeness (QED) is 0.391. The number of carbonyl (C=O) groups excluding carboxylic acids is 2. The van der Waals surface area contributed by atoms with Gasteiger partial charge in [-0.2, -0.15) is 0 Å². The number of pyridine rings is 1. The highest BCUT2D eigenvalue weighted by Crippen LogP contribution is 2.21. The molecule has 0 unspecified atom stereocenters. The molecule has 10 nitrogen and oxygen atoms in total. The first-order valence-electron chi connectivity index (χ1n) is 10.1. The normalized spacial score (nSPS) is 10.9. The Morgan fingerprint density at radius 1 is 1.03 bits per heavy atom. The fourth-order valence-electron chi connectivity index (χ4n) is 2.95. The van der Waals surface area contributed by atoms with E-state index in [1.807, 2.05) is 4.72 Å². The van der Waals surface area contributed by atoms with E-state index in [4.69, 9.17) is 21.4 Å². The van der Waals surface area contributed by atoms with Crippen molar-refractivity contribution < 1.29 is 32.6 Å². The zero-order valence-electron chi connectivity index (χ0n) is 18.3. The van der Waals surface area contributed by atoms with Crippen LogP contribution in [0.2, 0.25) is 5.02 Å². The summed E-state index contributed by atoms with van der Waals surface area (Å²) in [6, 6.07) is 12.8. The van der Waals surface area contributed by atoms with Gasteiger partial charge in [-0.25, -0.2) is 22.9 Å². The number of aromatic nitrogens is 1. The molecule has 3 rings (SSSR count). The number of aromatic carboxylic acids is 1. The highest BCUT2D eigenvalue weighted by Gasteiger charge is 2.19. The third kappa shape index (κ3) is 6.55. The molecule has 3 aromatic rings. The third-order valence-electron chi connectivity index (χ3n) is 4.82. The van der Waals surface area contributed by atoms with Crippen LogP contribution in [0.5, 0.6) is 5.75 Å². The summed E-state index contributed by atoms with van der Waals surface area (Å²) in [7, 11) is -2.69. The van der Waals surface area contributed by atoms with Crippen molar-refractivity contribution in [2.45, 2.75) is 11.3 Å². The van der Waals surface area contributed by atoms with E-state index in [9.17, 15) is 22.8 Å². The van der Waals surface area contributed by atoms with Crippen molar-refractivity contribution in [3.8, 4) is 5.75 Å². The summed E-state index contributed by atoms with van der Waals surface area (Å²) in [5, 5.41) is 11.9. The average molecular weight is 518 g/mol. The first-order valence-corrected chi connectivity index (χ1v) is 11.9. The molecule has 0 radical (unpaired) electrons. The monoisotopic (exact) mass is 517 g/mol. The van der Waals surface area contributed by atoms with Gasteiger partial charge in [-0.15, -0.1) is 0 Å². The molecule has 0 aliphatic carbocycles. The van der Waals surface area contributed by atoms with Crippen molar-refractivity contribution in [1.29, 1.82) is 0 Å². The molecule has 182 valence electrons. The number of nitrogens with one attached hydrogen (secondary N) is 2. The van der Waals surface area contributed by atoms with Crippen molar-refractivity contribution >= 4 is 39.4 Å². The largest absolute Gasteiger partial charge is 0.497 e. The van der Waals surface area contributed by atoms with Crippen LogP contribution < -0.4 is 14.8 Å². The molecule has 35 heavy (non-hydrogen) atoms. The van der Waals surface area contributed by atoms with Crippen LogP contribution in [-0.2, 0) is 16.4 Å². The van der Waals surface area contributed by atoms with Crippen LogP contribution in [0.4, 0.5) is 0 Å². The summed E-state index contributed by atoms with van der Waals surface area (Å²) < 4.78 is 32.1. The number of hydrogen-bond acceptors (Lipinski definition) is 7. The van der Waals surface area contributed by atoms with Gasteiger partial charge in [0.2, 0.25) is 0 Å². The standard InChI is InChI=1S/C23H20ClN3O7S/c1-34-16-5-8-19(24)18(12-16)22(29)25-11-10-14-2-6-17(7-3-14)35(32,33)27-21(28)15-4-9-20(23(30)31)26-13-15/h2-9,12-13H,10-11H2,1H3,(H,25,29)(H,27,28)(H,30,31). The second kappa shape index (κ2) is 11.0.